The van der Waals surface area contributed by atoms with Crippen molar-refractivity contribution < 1.29 is 141 Å². The summed E-state index contributed by atoms with van der Waals surface area (Å²) in [5, 5.41) is 19.5. The number of carbonyl (C=O) groups is 12. The quantitative estimate of drug-likeness (QED) is 0.0105. The number of nitrogen functional groups attached to an aromatic ring is 1. The molecule has 6 heterocycles. The number of amides is 5. The van der Waals surface area contributed by atoms with Crippen LogP contribution in [0.2, 0.25) is 0 Å². The predicted octanol–water partition coefficient (Wildman–Crippen LogP) is 16.7. The lowest BCUT2D eigenvalue weighted by molar-refractivity contribution is -0.164. The number of fused-ring (bicyclic) bond motifs is 4. The minimum Gasteiger partial charge on any atom is -0.480 e. The van der Waals surface area contributed by atoms with Crippen molar-refractivity contribution in [2.75, 3.05) is 45.3 Å². The molecule has 1 unspecified atom stereocenters. The third-order valence-electron chi connectivity index (χ3n) is 23.0. The molecular formula is C93H129Br2F8N9O22. The number of piperidine rings is 4. The summed E-state index contributed by atoms with van der Waals surface area (Å²) in [6.45, 7) is 46.5. The first-order valence-corrected chi connectivity index (χ1v) is 45.3. The van der Waals surface area contributed by atoms with E-state index in [-0.39, 0.29) is 106 Å². The maximum Gasteiger partial charge on any atom is 0.411 e. The number of allylic oxidation sites excluding steroid dienone is 4. The van der Waals surface area contributed by atoms with Crippen molar-refractivity contribution in [2.45, 2.75) is 314 Å². The van der Waals surface area contributed by atoms with E-state index in [2.05, 4.69) is 86.6 Å². The molecule has 4 saturated carbocycles. The number of hydrogen-bond acceptors (Lipinski definition) is 24. The van der Waals surface area contributed by atoms with Crippen LogP contribution in [0.15, 0.2) is 109 Å². The van der Waals surface area contributed by atoms with Crippen LogP contribution in [-0.2, 0) is 95.9 Å². The van der Waals surface area contributed by atoms with Gasteiger partial charge in [-0.05, 0) is 222 Å². The van der Waals surface area contributed by atoms with E-state index >= 15 is 0 Å². The first-order chi connectivity index (χ1) is 61.9. The molecule has 8 fully saturated rings. The number of hydrogen-bond donors (Lipinski definition) is 5. The van der Waals surface area contributed by atoms with E-state index < -0.39 is 178 Å². The molecule has 0 spiro atoms. The first kappa shape index (κ1) is 115. The van der Waals surface area contributed by atoms with Crippen LogP contribution in [-0.4, -0.2) is 245 Å². The standard InChI is InChI=1S/C27H34BrF2N3O5.C20H29F2NO5.C18H25F2NO5.C14H24N2O4.C9H11BrN2O.C5H6F2O2/c1-6-10-27(29,30)23(35)31-16-26-13-19(33(21(26)14-26)24(36)38-25(3,4)5)20(34)12-18-17(15-37-11-7-2)8-9-22(28)32-18;1-6-9-20(21,22)15(24)8-10-19-11-13(16(25)27-7-2)23(14(19)12-19)17(26)28-18(3,4)5;1-5-7-18(19,20)13(22)6-8-17-9-11(14(23)24)21(12(17)10-17)15(25)26-16(2,3)4;1-5-19-11(17)9-6-14(8-15)7-10(14)16(9)12(18)20-13(2,3)4;1-2-5-13-6-7-3-4-8(10)12-9(7)11;1-2-3-5(6,7)4(8)9/h6-9,19,21H,1-2,10-16H2,3-5H3,(H,31,35);6,13-14H,1,7-12H2,2-5H3;5,11-12H,1,6-10H2,2-4H3,(H,23,24);9-10H,5-8,15H2,1-4H3;2-4H,1,5-6H2,(H2,11,12);2H,1,3H2,(H,8,9)/t19-,21+,26-;13-,14+,19-;11-,12+,17-;9?,10-,14+;;/m0001../s1. The van der Waals surface area contributed by atoms with Crippen molar-refractivity contribution >= 4 is 109 Å². The Bertz CT molecular complexity index is 4620. The van der Waals surface area contributed by atoms with Crippen LogP contribution in [0.25, 0.3) is 0 Å². The third kappa shape index (κ3) is 31.9. The number of carboxylic acid groups (broad SMARTS) is 2. The third-order valence-corrected chi connectivity index (χ3v) is 23.9. The number of pyridine rings is 2. The summed E-state index contributed by atoms with van der Waals surface area (Å²) in [5.41, 5.74) is 8.77. The number of esters is 2. The number of nitrogens with two attached hydrogens (primary N) is 2. The van der Waals surface area contributed by atoms with Crippen molar-refractivity contribution in [1.29, 1.82) is 0 Å². The van der Waals surface area contributed by atoms with Crippen molar-refractivity contribution in [1.82, 2.24) is 34.9 Å². The lowest BCUT2D eigenvalue weighted by Crippen LogP contribution is -2.46. The Balaban J connectivity index is 0.000000298. The number of halogens is 10. The number of carbonyl (C=O) groups excluding carboxylic acids is 10. The zero-order valence-corrected chi connectivity index (χ0v) is 81.7. The molecule has 0 radical (unpaired) electrons. The van der Waals surface area contributed by atoms with Gasteiger partial charge in [0.2, 0.25) is 11.6 Å². The Hall–Kier alpha value is -9.74. The number of ketones is 3. The van der Waals surface area contributed by atoms with Crippen LogP contribution in [0, 0.1) is 21.7 Å². The van der Waals surface area contributed by atoms with Gasteiger partial charge in [0.25, 0.3) is 5.91 Å². The largest absolute Gasteiger partial charge is 0.480 e. The van der Waals surface area contributed by atoms with Gasteiger partial charge in [0.15, 0.2) is 5.78 Å². The molecular weight excluding hydrogens is 1910 g/mol. The maximum absolute atomic E-state index is 14.0. The molecule has 4 saturated heterocycles. The van der Waals surface area contributed by atoms with Gasteiger partial charge in [-0.1, -0.05) is 48.6 Å². The van der Waals surface area contributed by atoms with Crippen LogP contribution >= 0.6 is 31.9 Å². The summed E-state index contributed by atoms with van der Waals surface area (Å²) < 4.78 is 150. The SMILES string of the molecule is C=CCC(F)(F)C(=O)CC[C@@]12C[C@@H](C(=O)O)N(C(=O)OC(C)(C)C)[C@@H]1C2.C=CCC(F)(F)C(=O)CC[C@@]12C[C@@H](C(=O)OCC)N(C(=O)OC(C)(C)C)[C@@H]1C2.C=CCC(F)(F)C(=O)O.C=CCOCc1ccc(Br)nc1CC(=O)[C@@H]1C[C@@]2(CNC(=O)C(F)(F)CC=C)C[C@H]2N1C(=O)OC(C)(C)C.C=CCOCc1ccc(Br)nc1N.CCOC(=O)C1C[C@@]2(CN)C[C@H]2N1C(=O)OC(C)(C)C. The number of aliphatic carboxylic acids is 2. The molecule has 134 heavy (non-hydrogen) atoms. The highest BCUT2D eigenvalue weighted by molar-refractivity contribution is 9.10. The average Bonchev–Trinajstić information content (AvgIpc) is 1.55. The maximum atomic E-state index is 14.0. The normalized spacial score (nSPS) is 23.7. The van der Waals surface area contributed by atoms with Crippen LogP contribution < -0.4 is 16.8 Å². The van der Waals surface area contributed by atoms with Gasteiger partial charge in [0, 0.05) is 92.2 Å². The average molecular weight is 2040 g/mol. The number of carboxylic acids is 2. The molecule has 31 nitrogen and oxygen atoms in total. The highest BCUT2D eigenvalue weighted by atomic mass is 79.9. The minimum atomic E-state index is -3.65. The van der Waals surface area contributed by atoms with E-state index in [0.29, 0.717) is 74.8 Å². The highest BCUT2D eigenvalue weighted by Crippen LogP contribution is 2.65. The number of nitrogens with zero attached hydrogens (tertiary/aromatic N) is 6. The monoisotopic (exact) mass is 2030 g/mol. The van der Waals surface area contributed by atoms with Gasteiger partial charge >= 0.3 is 71.9 Å². The number of Topliss-reactive ketones (excluding diaryl/α,β-unsaturated/α-hetero) is 3. The van der Waals surface area contributed by atoms with E-state index in [1.807, 2.05) is 32.9 Å². The summed E-state index contributed by atoms with van der Waals surface area (Å²) in [6.07, 6.45) is 4.91. The zero-order valence-electron chi connectivity index (χ0n) is 78.5. The molecule has 5 amide bonds. The minimum absolute atomic E-state index is 0.0109. The first-order valence-electron chi connectivity index (χ1n) is 43.7. The molecule has 41 heteroatoms. The van der Waals surface area contributed by atoms with Crippen LogP contribution in [0.5, 0.6) is 0 Å². The fraction of sp³-hybridized carbons (Fsp3) is 0.634. The van der Waals surface area contributed by atoms with Gasteiger partial charge in [0.05, 0.1) is 57.8 Å². The second-order valence-corrected chi connectivity index (χ2v) is 39.7. The molecule has 748 valence electrons. The Morgan fingerprint density at radius 1 is 0.470 bits per heavy atom. The van der Waals surface area contributed by atoms with Crippen LogP contribution in [0.1, 0.15) is 216 Å². The number of rotatable bonds is 37. The van der Waals surface area contributed by atoms with Gasteiger partial charge in [-0.15, -0.1) is 39.5 Å². The van der Waals surface area contributed by atoms with Crippen molar-refractivity contribution in [3.8, 4) is 0 Å². The van der Waals surface area contributed by atoms with E-state index in [1.165, 1.54) is 19.6 Å². The lowest BCUT2D eigenvalue weighted by atomic mass is 9.91. The van der Waals surface area contributed by atoms with Gasteiger partial charge < -0.3 is 64.9 Å². The molecule has 12 atom stereocenters. The highest BCUT2D eigenvalue weighted by Gasteiger charge is 2.72. The van der Waals surface area contributed by atoms with E-state index in [0.717, 1.165) is 46.5 Å². The summed E-state index contributed by atoms with van der Waals surface area (Å²) in [7, 11) is 0. The van der Waals surface area contributed by atoms with Crippen molar-refractivity contribution in [3.05, 3.63) is 126 Å². The summed E-state index contributed by atoms with van der Waals surface area (Å²) >= 11 is 6.56. The Kier molecular flexibility index (Phi) is 40.1. The number of aromatic nitrogens is 2. The molecule has 10 rings (SSSR count). The van der Waals surface area contributed by atoms with Gasteiger partial charge in [-0.25, -0.2) is 48.3 Å². The van der Waals surface area contributed by atoms with E-state index in [1.54, 1.807) is 100 Å². The lowest BCUT2D eigenvalue weighted by Gasteiger charge is -2.30. The fourth-order valence-electron chi connectivity index (χ4n) is 16.3. The Morgan fingerprint density at radius 3 is 1.18 bits per heavy atom. The molecule has 2 aromatic heterocycles. The van der Waals surface area contributed by atoms with E-state index in [9.17, 15) is 97.8 Å². The smallest absolute Gasteiger partial charge is 0.411 e. The Labute approximate surface area is 793 Å². The summed E-state index contributed by atoms with van der Waals surface area (Å²) in [6, 6.07) is 2.88. The Morgan fingerprint density at radius 2 is 0.806 bits per heavy atom. The van der Waals surface area contributed by atoms with Gasteiger partial charge in [-0.3, -0.25) is 38.8 Å². The summed E-state index contributed by atoms with van der Waals surface area (Å²) in [4.78, 5) is 159. The van der Waals surface area contributed by atoms with Gasteiger partial charge in [0.1, 0.15) is 55.6 Å². The molecule has 2 aromatic rings. The molecule has 4 aliphatic carbocycles. The number of anilines is 1. The van der Waals surface area contributed by atoms with Crippen LogP contribution in [0.4, 0.5) is 60.1 Å². The number of nitrogens with one attached hydrogen (secondary N) is 1. The molecule has 8 aliphatic rings. The van der Waals surface area contributed by atoms with Crippen molar-refractivity contribution in [3.63, 3.8) is 0 Å². The molecule has 4 aliphatic heterocycles. The number of ether oxygens (including phenoxy) is 8. The van der Waals surface area contributed by atoms with E-state index in [4.69, 9.17) is 54.5 Å². The summed E-state index contributed by atoms with van der Waals surface area (Å²) in [5.74, 6) is -21.8. The van der Waals surface area contributed by atoms with Crippen molar-refractivity contribution in [2.24, 2.45) is 27.4 Å². The van der Waals surface area contributed by atoms with Crippen LogP contribution in [0.3, 0.4) is 0 Å². The predicted molar refractivity (Wildman–Crippen MR) is 484 cm³/mol. The molecule has 7 N–H and O–H groups in total. The van der Waals surface area contributed by atoms with Gasteiger partial charge in [-0.2, -0.15) is 35.1 Å². The molecule has 0 aromatic carbocycles. The zero-order chi connectivity index (χ0) is 102. The topological polar surface area (TPSA) is 422 Å². The fourth-order valence-corrected chi connectivity index (χ4v) is 16.9. The number of likely N-dealkylation sites (tertiary alicyclic amines) is 4. The second kappa shape index (κ2) is 46.9. The number of alkyl halides is 8. The second-order valence-electron chi connectivity index (χ2n) is 38.1. The molecule has 0 bridgehead atoms.